The van der Waals surface area contributed by atoms with Crippen LogP contribution in [-0.4, -0.2) is 30.5 Å². The minimum absolute atomic E-state index is 0.151. The van der Waals surface area contributed by atoms with Gasteiger partial charge in [-0.2, -0.15) is 0 Å². The Hall–Kier alpha value is -4.00. The van der Waals surface area contributed by atoms with Crippen molar-refractivity contribution in [1.29, 1.82) is 0 Å². The van der Waals surface area contributed by atoms with Gasteiger partial charge in [-0.3, -0.25) is 4.79 Å². The summed E-state index contributed by atoms with van der Waals surface area (Å²) in [6.45, 7) is 0.863. The summed E-state index contributed by atoms with van der Waals surface area (Å²) in [6.07, 6.45) is 7.22. The predicted molar refractivity (Wildman–Crippen MR) is 122 cm³/mol. The molecule has 0 bridgehead atoms. The number of nitrogens with one attached hydrogen (secondary N) is 1. The van der Waals surface area contributed by atoms with E-state index in [0.29, 0.717) is 22.8 Å². The molecule has 0 saturated heterocycles. The Kier molecular flexibility index (Phi) is 5.37. The van der Waals surface area contributed by atoms with Crippen molar-refractivity contribution in [2.75, 3.05) is 5.32 Å². The van der Waals surface area contributed by atoms with E-state index in [0.717, 1.165) is 49.3 Å². The highest BCUT2D eigenvalue weighted by molar-refractivity contribution is 6.04. The Morgan fingerprint density at radius 2 is 1.72 bits per heavy atom. The second-order valence-electron chi connectivity index (χ2n) is 7.86. The number of hydrogen-bond donors (Lipinski definition) is 2. The molecule has 32 heavy (non-hydrogen) atoms. The SMILES string of the molecule is O=C(Nc1cnc(-c2cccc(O)c2)nc1)c1nc(-c2ccccc2)n2c1CCCCC2. The highest BCUT2D eigenvalue weighted by atomic mass is 16.3. The zero-order valence-corrected chi connectivity index (χ0v) is 17.5. The van der Waals surface area contributed by atoms with Crippen molar-refractivity contribution >= 4 is 11.6 Å². The Morgan fingerprint density at radius 1 is 0.938 bits per heavy atom. The maximum atomic E-state index is 13.2. The molecule has 160 valence electrons. The number of hydrogen-bond acceptors (Lipinski definition) is 5. The van der Waals surface area contributed by atoms with Crippen LogP contribution in [0, 0.1) is 0 Å². The molecule has 5 rings (SSSR count). The van der Waals surface area contributed by atoms with Crippen LogP contribution in [0.1, 0.15) is 35.4 Å². The van der Waals surface area contributed by atoms with E-state index in [9.17, 15) is 9.90 Å². The van der Waals surface area contributed by atoms with Crippen LogP contribution in [0.4, 0.5) is 5.69 Å². The number of carbonyl (C=O) groups excluding carboxylic acids is 1. The number of imidazole rings is 1. The van der Waals surface area contributed by atoms with Crippen LogP contribution >= 0.6 is 0 Å². The standard InChI is InChI=1S/C25H23N5O2/c31-20-11-7-10-18(14-20)23-26-15-19(16-27-23)28-25(32)22-21-12-5-2-6-13-30(21)24(29-22)17-8-3-1-4-9-17/h1,3-4,7-11,14-16,31H,2,5-6,12-13H2,(H,28,32). The van der Waals surface area contributed by atoms with E-state index < -0.39 is 0 Å². The summed E-state index contributed by atoms with van der Waals surface area (Å²) >= 11 is 0. The molecule has 4 aromatic rings. The van der Waals surface area contributed by atoms with Gasteiger partial charge >= 0.3 is 0 Å². The van der Waals surface area contributed by atoms with Gasteiger partial charge in [0.1, 0.15) is 17.3 Å². The first kappa shape index (κ1) is 19.9. The Balaban J connectivity index is 1.43. The normalized spacial score (nSPS) is 13.2. The van der Waals surface area contributed by atoms with E-state index in [4.69, 9.17) is 4.98 Å². The quantitative estimate of drug-likeness (QED) is 0.495. The molecule has 1 amide bonds. The van der Waals surface area contributed by atoms with Gasteiger partial charge in [-0.15, -0.1) is 0 Å². The third kappa shape index (κ3) is 3.97. The van der Waals surface area contributed by atoms with Gasteiger partial charge in [0.2, 0.25) is 0 Å². The first-order valence-electron chi connectivity index (χ1n) is 10.8. The number of aromatic nitrogens is 4. The molecule has 2 aromatic heterocycles. The fourth-order valence-electron chi connectivity index (χ4n) is 4.09. The van der Waals surface area contributed by atoms with Gasteiger partial charge in [-0.05, 0) is 31.4 Å². The summed E-state index contributed by atoms with van der Waals surface area (Å²) in [6, 6.07) is 16.7. The third-order valence-corrected chi connectivity index (χ3v) is 5.63. The number of benzene rings is 2. The molecule has 0 spiro atoms. The predicted octanol–water partition coefficient (Wildman–Crippen LogP) is 4.69. The van der Waals surface area contributed by atoms with Crippen molar-refractivity contribution in [3.05, 3.63) is 78.4 Å². The van der Waals surface area contributed by atoms with Crippen LogP contribution < -0.4 is 5.32 Å². The molecule has 3 heterocycles. The molecular formula is C25H23N5O2. The Morgan fingerprint density at radius 3 is 2.50 bits per heavy atom. The van der Waals surface area contributed by atoms with E-state index >= 15 is 0 Å². The molecule has 7 heteroatoms. The first-order chi connectivity index (χ1) is 15.7. The molecular weight excluding hydrogens is 402 g/mol. The Labute approximate surface area is 185 Å². The molecule has 0 aliphatic carbocycles. The van der Waals surface area contributed by atoms with Gasteiger partial charge in [0, 0.05) is 17.7 Å². The number of rotatable bonds is 4. The third-order valence-electron chi connectivity index (χ3n) is 5.63. The summed E-state index contributed by atoms with van der Waals surface area (Å²) < 4.78 is 2.19. The van der Waals surface area contributed by atoms with E-state index in [1.807, 2.05) is 36.4 Å². The van der Waals surface area contributed by atoms with Gasteiger partial charge in [0.05, 0.1) is 23.8 Å². The van der Waals surface area contributed by atoms with Crippen LogP contribution in [0.5, 0.6) is 5.75 Å². The van der Waals surface area contributed by atoms with E-state index in [-0.39, 0.29) is 11.7 Å². The van der Waals surface area contributed by atoms with Crippen LogP contribution in [-0.2, 0) is 13.0 Å². The number of nitrogens with zero attached hydrogens (tertiary/aromatic N) is 4. The molecule has 0 atom stereocenters. The molecule has 7 nitrogen and oxygen atoms in total. The zero-order valence-electron chi connectivity index (χ0n) is 17.5. The van der Waals surface area contributed by atoms with Crippen molar-refractivity contribution < 1.29 is 9.90 Å². The molecule has 2 aromatic carbocycles. The minimum Gasteiger partial charge on any atom is -0.508 e. The van der Waals surface area contributed by atoms with Crippen molar-refractivity contribution in [3.63, 3.8) is 0 Å². The second-order valence-corrected chi connectivity index (χ2v) is 7.86. The van der Waals surface area contributed by atoms with Crippen molar-refractivity contribution in [2.45, 2.75) is 32.2 Å². The molecule has 0 fully saturated rings. The average molecular weight is 425 g/mol. The summed E-state index contributed by atoms with van der Waals surface area (Å²) in [7, 11) is 0. The summed E-state index contributed by atoms with van der Waals surface area (Å²) in [5.41, 5.74) is 3.65. The zero-order chi connectivity index (χ0) is 21.9. The van der Waals surface area contributed by atoms with Crippen LogP contribution in [0.2, 0.25) is 0 Å². The lowest BCUT2D eigenvalue weighted by Crippen LogP contribution is -2.15. The van der Waals surface area contributed by atoms with Crippen molar-refractivity contribution in [1.82, 2.24) is 19.5 Å². The highest BCUT2D eigenvalue weighted by Gasteiger charge is 2.24. The number of fused-ring (bicyclic) bond motifs is 1. The van der Waals surface area contributed by atoms with E-state index in [2.05, 4.69) is 19.9 Å². The summed E-state index contributed by atoms with van der Waals surface area (Å²) in [5.74, 6) is 1.20. The van der Waals surface area contributed by atoms with Crippen LogP contribution in [0.15, 0.2) is 67.0 Å². The number of anilines is 1. The molecule has 0 unspecified atom stereocenters. The lowest BCUT2D eigenvalue weighted by molar-refractivity contribution is 0.102. The highest BCUT2D eigenvalue weighted by Crippen LogP contribution is 2.28. The maximum absolute atomic E-state index is 13.2. The second kappa shape index (κ2) is 8.63. The lowest BCUT2D eigenvalue weighted by Gasteiger charge is -2.09. The topological polar surface area (TPSA) is 92.9 Å². The average Bonchev–Trinajstić information content (AvgIpc) is 3.01. The van der Waals surface area contributed by atoms with Crippen molar-refractivity contribution in [2.24, 2.45) is 0 Å². The fourth-order valence-corrected chi connectivity index (χ4v) is 4.09. The van der Waals surface area contributed by atoms with Gasteiger partial charge in [-0.1, -0.05) is 48.9 Å². The number of aromatic hydroxyl groups is 1. The molecule has 0 saturated carbocycles. The fraction of sp³-hybridized carbons (Fsp3) is 0.200. The molecule has 1 aliphatic rings. The van der Waals surface area contributed by atoms with Gasteiger partial charge in [0.25, 0.3) is 5.91 Å². The van der Waals surface area contributed by atoms with Gasteiger partial charge in [0.15, 0.2) is 5.82 Å². The molecule has 2 N–H and O–H groups in total. The number of phenols is 1. The summed E-state index contributed by atoms with van der Waals surface area (Å²) in [5, 5.41) is 12.5. The van der Waals surface area contributed by atoms with Gasteiger partial charge in [-0.25, -0.2) is 15.0 Å². The first-order valence-corrected chi connectivity index (χ1v) is 10.8. The van der Waals surface area contributed by atoms with E-state index in [1.165, 1.54) is 0 Å². The van der Waals surface area contributed by atoms with Crippen molar-refractivity contribution in [3.8, 4) is 28.5 Å². The molecule has 1 aliphatic heterocycles. The minimum atomic E-state index is -0.258. The summed E-state index contributed by atoms with van der Waals surface area (Å²) in [4.78, 5) is 26.6. The van der Waals surface area contributed by atoms with Crippen LogP contribution in [0.3, 0.4) is 0 Å². The number of phenolic OH excluding ortho intramolecular Hbond substituents is 1. The number of carbonyl (C=O) groups is 1. The maximum Gasteiger partial charge on any atom is 0.276 e. The van der Waals surface area contributed by atoms with E-state index in [1.54, 1.807) is 30.6 Å². The Bertz CT molecular complexity index is 1250. The monoisotopic (exact) mass is 425 g/mol. The van der Waals surface area contributed by atoms with Crippen LogP contribution in [0.25, 0.3) is 22.8 Å². The smallest absolute Gasteiger partial charge is 0.276 e. The lowest BCUT2D eigenvalue weighted by atomic mass is 10.1. The molecule has 0 radical (unpaired) electrons. The van der Waals surface area contributed by atoms with Gasteiger partial charge < -0.3 is 15.0 Å². The number of amides is 1. The largest absolute Gasteiger partial charge is 0.508 e.